The molecule has 0 aliphatic carbocycles. The minimum Gasteiger partial charge on any atom is -0.457 e. The Labute approximate surface area is 181 Å². The van der Waals surface area contributed by atoms with Gasteiger partial charge in [-0.05, 0) is 51.1 Å². The van der Waals surface area contributed by atoms with Crippen LogP contribution in [0.5, 0.6) is 11.5 Å². The Morgan fingerprint density at radius 1 is 1.23 bits per heavy atom. The summed E-state index contributed by atoms with van der Waals surface area (Å²) in [4.78, 5) is 16.4. The van der Waals surface area contributed by atoms with Gasteiger partial charge >= 0.3 is 0 Å². The second-order valence-electron chi connectivity index (χ2n) is 7.43. The highest BCUT2D eigenvalue weighted by Crippen LogP contribution is 2.28. The number of hydrogen-bond donors (Lipinski definition) is 2. The number of benzene rings is 2. The number of ether oxygens (including phenoxy) is 2. The first kappa shape index (κ1) is 22.1. The lowest BCUT2D eigenvalue weighted by Crippen LogP contribution is -2.50. The lowest BCUT2D eigenvalue weighted by atomic mass is 10.1. The number of aromatic nitrogens is 2. The van der Waals surface area contributed by atoms with Crippen LogP contribution in [-0.4, -0.2) is 34.2 Å². The van der Waals surface area contributed by atoms with E-state index in [-0.39, 0.29) is 0 Å². The molecule has 1 heterocycles. The van der Waals surface area contributed by atoms with Crippen LogP contribution in [0.3, 0.4) is 0 Å². The third-order valence-electron chi connectivity index (χ3n) is 4.80. The van der Waals surface area contributed by atoms with E-state index in [0.717, 1.165) is 16.9 Å². The number of nitrogens with zero attached hydrogens (tertiary/aromatic N) is 2. The topological polar surface area (TPSA) is 91.4 Å². The maximum atomic E-state index is 11.6. The zero-order valence-electron chi connectivity index (χ0n) is 17.4. The van der Waals surface area contributed by atoms with E-state index in [1.165, 1.54) is 0 Å². The molecule has 0 aliphatic rings. The van der Waals surface area contributed by atoms with Gasteiger partial charge in [-0.15, -0.1) is 0 Å². The van der Waals surface area contributed by atoms with E-state index in [1.54, 1.807) is 26.0 Å². The summed E-state index contributed by atoms with van der Waals surface area (Å²) in [6, 6.07) is 13.0. The van der Waals surface area contributed by atoms with Crippen molar-refractivity contribution in [2.45, 2.75) is 39.4 Å². The van der Waals surface area contributed by atoms with Crippen molar-refractivity contribution in [3.63, 3.8) is 0 Å². The predicted molar refractivity (Wildman–Crippen MR) is 118 cm³/mol. The maximum Gasteiger partial charge on any atom is 0.237 e. The predicted octanol–water partition coefficient (Wildman–Crippen LogP) is 3.87. The molecule has 30 heavy (non-hydrogen) atoms. The van der Waals surface area contributed by atoms with Gasteiger partial charge in [0.2, 0.25) is 5.91 Å². The molecule has 3 rings (SSSR count). The second-order valence-corrected chi connectivity index (χ2v) is 7.87. The quantitative estimate of drug-likeness (QED) is 0.476. The van der Waals surface area contributed by atoms with Gasteiger partial charge in [-0.2, -0.15) is 0 Å². The first-order valence-corrected chi connectivity index (χ1v) is 10.2. The zero-order valence-corrected chi connectivity index (χ0v) is 18.2. The normalized spacial score (nSPS) is 11.7. The molecule has 0 bridgehead atoms. The van der Waals surface area contributed by atoms with E-state index in [0.29, 0.717) is 42.8 Å². The zero-order chi connectivity index (χ0) is 21.7. The number of rotatable bonds is 10. The molecule has 0 atom stereocenters. The summed E-state index contributed by atoms with van der Waals surface area (Å²) in [5.74, 6) is 1.71. The molecule has 8 heteroatoms. The van der Waals surface area contributed by atoms with Crippen molar-refractivity contribution in [3.05, 3.63) is 53.3 Å². The van der Waals surface area contributed by atoms with Crippen LogP contribution >= 0.6 is 11.6 Å². The number of carbonyl (C=O) groups excluding carboxylic acids is 1. The summed E-state index contributed by atoms with van der Waals surface area (Å²) in [5, 5.41) is 3.79. The Morgan fingerprint density at radius 2 is 2.00 bits per heavy atom. The van der Waals surface area contributed by atoms with E-state index < -0.39 is 11.4 Å². The molecule has 0 saturated heterocycles. The van der Waals surface area contributed by atoms with Crippen LogP contribution in [-0.2, 0) is 22.6 Å². The fourth-order valence-electron chi connectivity index (χ4n) is 2.95. The van der Waals surface area contributed by atoms with Gasteiger partial charge in [-0.25, -0.2) is 4.98 Å². The van der Waals surface area contributed by atoms with Crippen LogP contribution in [0, 0.1) is 0 Å². The molecule has 3 aromatic rings. The molecule has 0 unspecified atom stereocenters. The minimum absolute atomic E-state index is 0.390. The largest absolute Gasteiger partial charge is 0.457 e. The number of imidazole rings is 1. The molecular formula is C22H27ClN4O3. The van der Waals surface area contributed by atoms with E-state index >= 15 is 0 Å². The molecule has 2 aromatic carbocycles. The van der Waals surface area contributed by atoms with Crippen LogP contribution < -0.4 is 15.8 Å². The number of amides is 1. The van der Waals surface area contributed by atoms with E-state index in [9.17, 15) is 4.79 Å². The number of nitrogens with two attached hydrogens (primary N) is 1. The first-order chi connectivity index (χ1) is 14.3. The summed E-state index contributed by atoms with van der Waals surface area (Å²) >= 11 is 6.05. The van der Waals surface area contributed by atoms with Gasteiger partial charge in [0, 0.05) is 24.2 Å². The van der Waals surface area contributed by atoms with Gasteiger partial charge in [-0.1, -0.05) is 17.7 Å². The fourth-order valence-corrected chi connectivity index (χ4v) is 3.13. The lowest BCUT2D eigenvalue weighted by Gasteiger charge is -2.22. The summed E-state index contributed by atoms with van der Waals surface area (Å²) in [5.41, 5.74) is 6.38. The lowest BCUT2D eigenvalue weighted by molar-refractivity contribution is -0.123. The van der Waals surface area contributed by atoms with Gasteiger partial charge < -0.3 is 19.8 Å². The molecule has 0 aliphatic heterocycles. The average molecular weight is 431 g/mol. The Hall–Kier alpha value is -2.61. The maximum absolute atomic E-state index is 11.6. The molecule has 0 saturated carbocycles. The van der Waals surface area contributed by atoms with Crippen LogP contribution in [0.2, 0.25) is 5.02 Å². The van der Waals surface area contributed by atoms with Crippen LogP contribution in [0.1, 0.15) is 26.6 Å². The smallest absolute Gasteiger partial charge is 0.237 e. The summed E-state index contributed by atoms with van der Waals surface area (Å²) < 4.78 is 13.6. The molecule has 3 N–H and O–H groups in total. The SMILES string of the molecule is CCOCCn1c(CNC(C)(C)C(N)=O)nc2ccc(Oc3cccc(Cl)c3)cc21. The van der Waals surface area contributed by atoms with Crippen LogP contribution in [0.15, 0.2) is 42.5 Å². The Bertz CT molecular complexity index is 1030. The number of hydrogen-bond acceptors (Lipinski definition) is 5. The number of nitrogens with one attached hydrogen (secondary N) is 1. The van der Waals surface area contributed by atoms with Crippen molar-refractivity contribution >= 4 is 28.5 Å². The fraction of sp³-hybridized carbons (Fsp3) is 0.364. The number of fused-ring (bicyclic) bond motifs is 1. The second kappa shape index (κ2) is 9.47. The van der Waals surface area contributed by atoms with Crippen LogP contribution in [0.25, 0.3) is 11.0 Å². The number of carbonyl (C=O) groups is 1. The third kappa shape index (κ3) is 5.30. The minimum atomic E-state index is -0.844. The Balaban J connectivity index is 1.91. The van der Waals surface area contributed by atoms with E-state index in [2.05, 4.69) is 9.88 Å². The molecule has 1 aromatic heterocycles. The molecular weight excluding hydrogens is 404 g/mol. The molecule has 0 spiro atoms. The van der Waals surface area contributed by atoms with E-state index in [4.69, 9.17) is 31.8 Å². The van der Waals surface area contributed by atoms with Gasteiger partial charge in [0.1, 0.15) is 17.3 Å². The molecule has 1 amide bonds. The highest BCUT2D eigenvalue weighted by molar-refractivity contribution is 6.30. The van der Waals surface area contributed by atoms with Crippen molar-refractivity contribution in [2.24, 2.45) is 5.73 Å². The van der Waals surface area contributed by atoms with Crippen molar-refractivity contribution < 1.29 is 14.3 Å². The van der Waals surface area contributed by atoms with Gasteiger partial charge in [-0.3, -0.25) is 10.1 Å². The van der Waals surface area contributed by atoms with Gasteiger partial charge in [0.15, 0.2) is 0 Å². The molecule has 7 nitrogen and oxygen atoms in total. The first-order valence-electron chi connectivity index (χ1n) is 9.85. The summed E-state index contributed by atoms with van der Waals surface area (Å²) in [6.45, 7) is 7.66. The monoisotopic (exact) mass is 430 g/mol. The molecule has 160 valence electrons. The average Bonchev–Trinajstić information content (AvgIpc) is 3.04. The number of halogens is 1. The van der Waals surface area contributed by atoms with Crippen molar-refractivity contribution in [1.29, 1.82) is 0 Å². The van der Waals surface area contributed by atoms with Crippen molar-refractivity contribution in [2.75, 3.05) is 13.2 Å². The highest BCUT2D eigenvalue weighted by atomic mass is 35.5. The highest BCUT2D eigenvalue weighted by Gasteiger charge is 2.25. The third-order valence-corrected chi connectivity index (χ3v) is 5.03. The molecule has 0 fully saturated rings. The Kier molecular flexibility index (Phi) is 6.97. The summed E-state index contributed by atoms with van der Waals surface area (Å²) in [7, 11) is 0. The number of primary amides is 1. The van der Waals surface area contributed by atoms with Gasteiger partial charge in [0.05, 0.1) is 29.7 Å². The summed E-state index contributed by atoms with van der Waals surface area (Å²) in [6.07, 6.45) is 0. The van der Waals surface area contributed by atoms with Gasteiger partial charge in [0.25, 0.3) is 0 Å². The standard InChI is InChI=1S/C22H27ClN4O3/c1-4-29-11-10-27-19-13-17(30-16-7-5-6-15(23)12-16)8-9-18(19)26-20(27)14-25-22(2,3)21(24)28/h5-9,12-13,25H,4,10-11,14H2,1-3H3,(H2,24,28). The molecule has 0 radical (unpaired) electrons. The van der Waals surface area contributed by atoms with Crippen molar-refractivity contribution in [1.82, 2.24) is 14.9 Å². The van der Waals surface area contributed by atoms with Crippen molar-refractivity contribution in [3.8, 4) is 11.5 Å². The Morgan fingerprint density at radius 3 is 2.70 bits per heavy atom. The van der Waals surface area contributed by atoms with E-state index in [1.807, 2.05) is 37.3 Å². The van der Waals surface area contributed by atoms with Crippen LogP contribution in [0.4, 0.5) is 0 Å².